The summed E-state index contributed by atoms with van der Waals surface area (Å²) < 4.78 is 4.94. The van der Waals surface area contributed by atoms with Crippen molar-refractivity contribution in [3.05, 3.63) is 0 Å². The van der Waals surface area contributed by atoms with Gasteiger partial charge in [0.25, 0.3) is 0 Å². The number of alkyl halides is 1. The summed E-state index contributed by atoms with van der Waals surface area (Å²) in [4.78, 5) is 11.5. The third-order valence-electron chi connectivity index (χ3n) is 2.34. The number of ether oxygens (including phenoxy) is 1. The van der Waals surface area contributed by atoms with Gasteiger partial charge in [0.1, 0.15) is 6.04 Å². The second-order valence-electron chi connectivity index (χ2n) is 3.54. The molecule has 4 unspecified atom stereocenters. The van der Waals surface area contributed by atoms with Crippen molar-refractivity contribution in [3.63, 3.8) is 0 Å². The fraction of sp³-hybridized carbons (Fsp3) is 0.889. The zero-order valence-corrected chi connectivity index (χ0v) is 9.47. The van der Waals surface area contributed by atoms with Crippen LogP contribution in [0, 0.1) is 0 Å². The average molecular weight is 221 g/mol. The number of carbonyl (C=O) groups excluding carboxylic acids is 1. The Morgan fingerprint density at radius 1 is 1.36 bits per heavy atom. The van der Waals surface area contributed by atoms with Gasteiger partial charge in [0.2, 0.25) is 0 Å². The molecule has 1 aliphatic heterocycles. The molecule has 4 atom stereocenters. The molecule has 0 spiro atoms. The number of rotatable bonds is 2. The summed E-state index contributed by atoms with van der Waals surface area (Å²) in [5, 5.41) is 6.25. The minimum absolute atomic E-state index is 0.0408. The molecule has 4 nitrogen and oxygen atoms in total. The van der Waals surface area contributed by atoms with Crippen molar-refractivity contribution >= 4 is 17.6 Å². The molecular formula is C9H17ClN2O2. The summed E-state index contributed by atoms with van der Waals surface area (Å²) in [6, 6.07) is -0.162. The maximum Gasteiger partial charge on any atom is 0.324 e. The van der Waals surface area contributed by atoms with E-state index in [1.165, 1.54) is 0 Å². The molecule has 0 aliphatic carbocycles. The molecular weight excluding hydrogens is 204 g/mol. The first-order valence-electron chi connectivity index (χ1n) is 4.89. The van der Waals surface area contributed by atoms with Crippen molar-refractivity contribution in [2.75, 3.05) is 6.61 Å². The molecule has 2 N–H and O–H groups in total. The summed E-state index contributed by atoms with van der Waals surface area (Å²) in [6.45, 7) is 6.10. The van der Waals surface area contributed by atoms with Crippen molar-refractivity contribution in [1.82, 2.24) is 10.6 Å². The molecule has 0 aromatic heterocycles. The minimum Gasteiger partial charge on any atom is -0.465 e. The largest absolute Gasteiger partial charge is 0.465 e. The van der Waals surface area contributed by atoms with E-state index < -0.39 is 0 Å². The van der Waals surface area contributed by atoms with E-state index in [4.69, 9.17) is 16.3 Å². The van der Waals surface area contributed by atoms with E-state index in [2.05, 4.69) is 10.6 Å². The highest BCUT2D eigenvalue weighted by Crippen LogP contribution is 2.11. The Bertz CT molecular complexity index is 213. The topological polar surface area (TPSA) is 50.4 Å². The third kappa shape index (κ3) is 2.59. The first kappa shape index (κ1) is 11.8. The summed E-state index contributed by atoms with van der Waals surface area (Å²) in [6.07, 6.45) is 0. The molecule has 1 aliphatic rings. The van der Waals surface area contributed by atoms with Crippen molar-refractivity contribution in [3.8, 4) is 0 Å². The molecule has 1 rings (SSSR count). The van der Waals surface area contributed by atoms with Gasteiger partial charge < -0.3 is 10.1 Å². The Balaban J connectivity index is 2.56. The van der Waals surface area contributed by atoms with E-state index in [-0.39, 0.29) is 29.6 Å². The van der Waals surface area contributed by atoms with E-state index in [1.807, 2.05) is 13.8 Å². The van der Waals surface area contributed by atoms with Crippen LogP contribution < -0.4 is 10.6 Å². The Kier molecular flexibility index (Phi) is 4.16. The second-order valence-corrected chi connectivity index (χ2v) is 4.01. The van der Waals surface area contributed by atoms with Crippen molar-refractivity contribution in [2.24, 2.45) is 0 Å². The van der Waals surface area contributed by atoms with Crippen molar-refractivity contribution < 1.29 is 9.53 Å². The Morgan fingerprint density at radius 2 is 2.00 bits per heavy atom. The predicted molar refractivity (Wildman–Crippen MR) is 55.3 cm³/mol. The number of halogens is 1. The van der Waals surface area contributed by atoms with Crippen LogP contribution in [-0.2, 0) is 9.53 Å². The maximum absolute atomic E-state index is 11.5. The maximum atomic E-state index is 11.5. The molecule has 14 heavy (non-hydrogen) atoms. The molecule has 1 heterocycles. The van der Waals surface area contributed by atoms with Gasteiger partial charge in [-0.3, -0.25) is 10.1 Å². The van der Waals surface area contributed by atoms with Gasteiger partial charge >= 0.3 is 5.97 Å². The molecule has 82 valence electrons. The van der Waals surface area contributed by atoms with E-state index >= 15 is 0 Å². The van der Waals surface area contributed by atoms with Crippen LogP contribution in [0.25, 0.3) is 0 Å². The zero-order valence-electron chi connectivity index (χ0n) is 8.71. The highest BCUT2D eigenvalue weighted by Gasteiger charge is 2.35. The van der Waals surface area contributed by atoms with Crippen LogP contribution in [0.5, 0.6) is 0 Å². The third-order valence-corrected chi connectivity index (χ3v) is 2.85. The SMILES string of the molecule is CCOC(=O)C1NC(Cl)C(C)NC1C. The standard InChI is InChI=1S/C9H17ClN2O2/c1-4-14-9(13)7-5(2)11-6(3)8(10)12-7/h5-8,11-12H,4H2,1-3H3. The first-order valence-corrected chi connectivity index (χ1v) is 5.32. The fourth-order valence-electron chi connectivity index (χ4n) is 1.56. The molecule has 0 aromatic rings. The van der Waals surface area contributed by atoms with Gasteiger partial charge in [-0.15, -0.1) is 11.6 Å². The van der Waals surface area contributed by atoms with Gasteiger partial charge in [0.15, 0.2) is 0 Å². The van der Waals surface area contributed by atoms with Crippen LogP contribution in [0.1, 0.15) is 20.8 Å². The molecule has 0 saturated carbocycles. The summed E-state index contributed by atoms with van der Waals surface area (Å²) in [5.41, 5.74) is -0.236. The fourth-order valence-corrected chi connectivity index (χ4v) is 1.77. The van der Waals surface area contributed by atoms with Crippen LogP contribution in [-0.4, -0.2) is 36.2 Å². The molecule has 0 radical (unpaired) electrons. The molecule has 5 heteroatoms. The Hall–Kier alpha value is -0.320. The van der Waals surface area contributed by atoms with Crippen LogP contribution in [0.15, 0.2) is 0 Å². The lowest BCUT2D eigenvalue weighted by atomic mass is 10.1. The predicted octanol–water partition coefficient (Wildman–Crippen LogP) is 0.453. The van der Waals surface area contributed by atoms with E-state index in [0.717, 1.165) is 0 Å². The van der Waals surface area contributed by atoms with Gasteiger partial charge in [-0.1, -0.05) is 0 Å². The van der Waals surface area contributed by atoms with Crippen LogP contribution >= 0.6 is 11.6 Å². The number of hydrogen-bond donors (Lipinski definition) is 2. The van der Waals surface area contributed by atoms with Crippen molar-refractivity contribution in [2.45, 2.75) is 44.4 Å². The highest BCUT2D eigenvalue weighted by atomic mass is 35.5. The average Bonchev–Trinajstić information content (AvgIpc) is 2.11. The smallest absolute Gasteiger partial charge is 0.324 e. The zero-order chi connectivity index (χ0) is 10.7. The number of carbonyl (C=O) groups is 1. The number of esters is 1. The van der Waals surface area contributed by atoms with Crippen LogP contribution in [0.4, 0.5) is 0 Å². The lowest BCUT2D eigenvalue weighted by molar-refractivity contribution is -0.147. The highest BCUT2D eigenvalue weighted by molar-refractivity contribution is 6.21. The van der Waals surface area contributed by atoms with Crippen LogP contribution in [0.2, 0.25) is 0 Å². The summed E-state index contributed by atoms with van der Waals surface area (Å²) in [7, 11) is 0. The lowest BCUT2D eigenvalue weighted by Crippen LogP contribution is -2.65. The number of piperazine rings is 1. The van der Waals surface area contributed by atoms with Crippen LogP contribution in [0.3, 0.4) is 0 Å². The quantitative estimate of drug-likeness (QED) is 0.403. The molecule has 0 aromatic carbocycles. The Labute approximate surface area is 89.3 Å². The van der Waals surface area contributed by atoms with Gasteiger partial charge in [0, 0.05) is 12.1 Å². The van der Waals surface area contributed by atoms with E-state index in [0.29, 0.717) is 6.61 Å². The van der Waals surface area contributed by atoms with E-state index in [9.17, 15) is 4.79 Å². The Morgan fingerprint density at radius 3 is 2.57 bits per heavy atom. The molecule has 1 fully saturated rings. The summed E-state index contributed by atoms with van der Waals surface area (Å²) >= 11 is 5.99. The molecule has 1 saturated heterocycles. The number of hydrogen-bond acceptors (Lipinski definition) is 4. The minimum atomic E-state index is -0.353. The monoisotopic (exact) mass is 220 g/mol. The lowest BCUT2D eigenvalue weighted by Gasteiger charge is -2.36. The van der Waals surface area contributed by atoms with E-state index in [1.54, 1.807) is 6.92 Å². The van der Waals surface area contributed by atoms with Gasteiger partial charge in [-0.2, -0.15) is 0 Å². The summed E-state index contributed by atoms with van der Waals surface area (Å²) in [5.74, 6) is -0.245. The second kappa shape index (κ2) is 4.96. The molecule has 0 bridgehead atoms. The van der Waals surface area contributed by atoms with Crippen molar-refractivity contribution in [1.29, 1.82) is 0 Å². The molecule has 0 amide bonds. The van der Waals surface area contributed by atoms with Gasteiger partial charge in [-0.25, -0.2) is 0 Å². The first-order chi connectivity index (χ1) is 6.56. The van der Waals surface area contributed by atoms with Gasteiger partial charge in [0.05, 0.1) is 12.1 Å². The normalized spacial score (nSPS) is 38.0. The number of nitrogens with one attached hydrogen (secondary N) is 2. The van der Waals surface area contributed by atoms with Gasteiger partial charge in [-0.05, 0) is 20.8 Å².